The van der Waals surface area contributed by atoms with Crippen LogP contribution in [0.15, 0.2) is 11.6 Å². The molecule has 0 radical (unpaired) electrons. The van der Waals surface area contributed by atoms with Gasteiger partial charge in [0.2, 0.25) is 0 Å². The van der Waals surface area contributed by atoms with E-state index < -0.39 is 5.60 Å². The van der Waals surface area contributed by atoms with E-state index >= 15 is 0 Å². The van der Waals surface area contributed by atoms with Crippen molar-refractivity contribution in [1.82, 2.24) is 0 Å². The molecule has 0 amide bonds. The number of ketones is 1. The summed E-state index contributed by atoms with van der Waals surface area (Å²) in [5.41, 5.74) is 0.797. The third-order valence-corrected chi connectivity index (χ3v) is 4.34. The molecular weight excluding hydrogens is 200 g/mol. The first kappa shape index (κ1) is 11.8. The molecule has 2 bridgehead atoms. The van der Waals surface area contributed by atoms with Crippen LogP contribution in [-0.4, -0.2) is 18.5 Å². The van der Waals surface area contributed by atoms with Gasteiger partial charge < -0.3 is 4.74 Å². The van der Waals surface area contributed by atoms with Gasteiger partial charge in [0.25, 0.3) is 0 Å². The summed E-state index contributed by atoms with van der Waals surface area (Å²) in [5.74, 6) is 1.06. The number of allylic oxidation sites excluding steroid dienone is 1. The molecule has 1 saturated carbocycles. The second-order valence-corrected chi connectivity index (χ2v) is 5.24. The zero-order chi connectivity index (χ0) is 11.8. The predicted molar refractivity (Wildman–Crippen MR) is 64.2 cm³/mol. The topological polar surface area (TPSA) is 26.3 Å². The van der Waals surface area contributed by atoms with Gasteiger partial charge in [0.1, 0.15) is 5.60 Å². The third-order valence-electron chi connectivity index (χ3n) is 4.34. The molecule has 3 rings (SSSR count). The lowest BCUT2D eigenvalue weighted by Crippen LogP contribution is -2.53. The van der Waals surface area contributed by atoms with Gasteiger partial charge in [-0.3, -0.25) is 4.79 Å². The van der Waals surface area contributed by atoms with Gasteiger partial charge in [0, 0.05) is 13.0 Å². The maximum absolute atomic E-state index is 12.4. The van der Waals surface area contributed by atoms with Crippen molar-refractivity contribution in [2.45, 2.75) is 51.6 Å². The minimum Gasteiger partial charge on any atom is -0.366 e. The number of unbranched alkanes of at least 4 members (excludes halogenated alkanes) is 1. The van der Waals surface area contributed by atoms with E-state index in [1.807, 2.05) is 0 Å². The first-order valence-electron chi connectivity index (χ1n) is 6.43. The van der Waals surface area contributed by atoms with Crippen molar-refractivity contribution in [1.29, 1.82) is 0 Å². The lowest BCUT2D eigenvalue weighted by atomic mass is 9.61. The summed E-state index contributed by atoms with van der Waals surface area (Å²) in [7, 11) is 1.67. The van der Waals surface area contributed by atoms with E-state index in [1.54, 1.807) is 7.11 Å². The summed E-state index contributed by atoms with van der Waals surface area (Å²) < 4.78 is 5.53. The Bertz CT molecular complexity index is 319. The summed E-state index contributed by atoms with van der Waals surface area (Å²) in [6, 6.07) is 0. The van der Waals surface area contributed by atoms with Crippen LogP contribution in [0.3, 0.4) is 0 Å². The van der Waals surface area contributed by atoms with Crippen LogP contribution in [0.25, 0.3) is 0 Å². The van der Waals surface area contributed by atoms with E-state index in [9.17, 15) is 4.79 Å². The number of hydrogen-bond donors (Lipinski definition) is 0. The zero-order valence-electron chi connectivity index (χ0n) is 10.6. The Kier molecular flexibility index (Phi) is 3.20. The fourth-order valence-electron chi connectivity index (χ4n) is 3.37. The Morgan fingerprint density at radius 2 is 2.31 bits per heavy atom. The molecule has 3 aliphatic rings. The van der Waals surface area contributed by atoms with Crippen LogP contribution in [0.5, 0.6) is 0 Å². The maximum atomic E-state index is 12.4. The van der Waals surface area contributed by atoms with Gasteiger partial charge in [-0.25, -0.2) is 0 Å². The van der Waals surface area contributed by atoms with E-state index in [0.717, 1.165) is 25.7 Å². The molecule has 16 heavy (non-hydrogen) atoms. The van der Waals surface area contributed by atoms with Gasteiger partial charge in [-0.2, -0.15) is 0 Å². The van der Waals surface area contributed by atoms with E-state index in [0.29, 0.717) is 11.7 Å². The van der Waals surface area contributed by atoms with Gasteiger partial charge in [0.15, 0.2) is 5.78 Å². The number of ether oxygens (including phenoxy) is 1. The quantitative estimate of drug-likeness (QED) is 0.683. The number of fused-ring (bicyclic) bond motifs is 2. The fourth-order valence-corrected chi connectivity index (χ4v) is 3.37. The molecule has 1 fully saturated rings. The molecule has 0 aromatic heterocycles. The summed E-state index contributed by atoms with van der Waals surface area (Å²) in [6.45, 7) is 4.34. The van der Waals surface area contributed by atoms with Crippen LogP contribution in [0.2, 0.25) is 0 Å². The number of carbonyl (C=O) groups is 1. The molecule has 3 aliphatic carbocycles. The molecular formula is C14H22O2. The molecule has 2 heteroatoms. The molecule has 0 aromatic rings. The Morgan fingerprint density at radius 1 is 1.56 bits per heavy atom. The largest absolute Gasteiger partial charge is 0.366 e. The van der Waals surface area contributed by atoms with Crippen molar-refractivity contribution in [3.63, 3.8) is 0 Å². The Hall–Kier alpha value is -0.630. The number of hydrogen-bond acceptors (Lipinski definition) is 2. The molecule has 3 atom stereocenters. The monoisotopic (exact) mass is 222 g/mol. The van der Waals surface area contributed by atoms with Crippen molar-refractivity contribution in [3.05, 3.63) is 11.6 Å². The van der Waals surface area contributed by atoms with E-state index in [-0.39, 0.29) is 5.92 Å². The number of methoxy groups -OCH3 is 1. The maximum Gasteiger partial charge on any atom is 0.172 e. The second-order valence-electron chi connectivity index (χ2n) is 5.24. The average Bonchev–Trinajstić information content (AvgIpc) is 2.30. The van der Waals surface area contributed by atoms with Crippen molar-refractivity contribution >= 4 is 5.78 Å². The SMILES string of the molecule is CCCC[C@H]1C(=O)[C@]2(OC)C=C(C)[C@H]1CC2. The van der Waals surface area contributed by atoms with Crippen LogP contribution in [0, 0.1) is 11.8 Å². The second kappa shape index (κ2) is 4.33. The minimum atomic E-state index is -0.572. The Morgan fingerprint density at radius 3 is 2.88 bits per heavy atom. The first-order chi connectivity index (χ1) is 7.64. The van der Waals surface area contributed by atoms with Gasteiger partial charge in [-0.15, -0.1) is 0 Å². The van der Waals surface area contributed by atoms with Crippen molar-refractivity contribution in [2.24, 2.45) is 11.8 Å². The highest BCUT2D eigenvalue weighted by molar-refractivity contribution is 5.94. The van der Waals surface area contributed by atoms with Gasteiger partial charge >= 0.3 is 0 Å². The summed E-state index contributed by atoms with van der Waals surface area (Å²) in [4.78, 5) is 12.4. The smallest absolute Gasteiger partial charge is 0.172 e. The summed E-state index contributed by atoms with van der Waals surface area (Å²) in [5, 5.41) is 0. The molecule has 0 saturated heterocycles. The highest BCUT2D eigenvalue weighted by Gasteiger charge is 2.51. The van der Waals surface area contributed by atoms with Crippen LogP contribution < -0.4 is 0 Å². The molecule has 0 aromatic carbocycles. The molecule has 0 spiro atoms. The minimum absolute atomic E-state index is 0.221. The molecule has 0 unspecified atom stereocenters. The number of rotatable bonds is 4. The lowest BCUT2D eigenvalue weighted by Gasteiger charge is -2.46. The Balaban J connectivity index is 2.25. The highest BCUT2D eigenvalue weighted by atomic mass is 16.5. The summed E-state index contributed by atoms with van der Waals surface area (Å²) in [6.07, 6.45) is 7.44. The average molecular weight is 222 g/mol. The summed E-state index contributed by atoms with van der Waals surface area (Å²) >= 11 is 0. The highest BCUT2D eigenvalue weighted by Crippen LogP contribution is 2.47. The van der Waals surface area contributed by atoms with Crippen molar-refractivity contribution < 1.29 is 9.53 Å². The molecule has 0 heterocycles. The van der Waals surface area contributed by atoms with Crippen LogP contribution >= 0.6 is 0 Å². The van der Waals surface area contributed by atoms with Crippen LogP contribution in [0.4, 0.5) is 0 Å². The number of Topliss-reactive ketones (excluding diaryl/α,β-unsaturated/α-hetero) is 1. The molecule has 90 valence electrons. The molecule has 0 aliphatic heterocycles. The third kappa shape index (κ3) is 1.64. The van der Waals surface area contributed by atoms with Crippen LogP contribution in [0.1, 0.15) is 46.0 Å². The van der Waals surface area contributed by atoms with E-state index in [1.165, 1.54) is 12.0 Å². The predicted octanol–water partition coefficient (Wildman–Crippen LogP) is 3.12. The van der Waals surface area contributed by atoms with Gasteiger partial charge in [-0.1, -0.05) is 25.3 Å². The van der Waals surface area contributed by atoms with E-state index in [2.05, 4.69) is 19.9 Å². The van der Waals surface area contributed by atoms with Gasteiger partial charge in [-0.05, 0) is 38.2 Å². The standard InChI is InChI=1S/C14H22O2/c1-4-5-6-12-11-7-8-14(16-3,13(12)15)9-10(11)2/h9,11-12H,4-8H2,1-3H3/t11-,12-,14-/m1/s1. The first-order valence-corrected chi connectivity index (χ1v) is 6.43. The lowest BCUT2D eigenvalue weighted by molar-refractivity contribution is -0.149. The zero-order valence-corrected chi connectivity index (χ0v) is 10.6. The normalized spacial score (nSPS) is 37.7. The fraction of sp³-hybridized carbons (Fsp3) is 0.786. The van der Waals surface area contributed by atoms with E-state index in [4.69, 9.17) is 4.74 Å². The van der Waals surface area contributed by atoms with Crippen molar-refractivity contribution in [2.75, 3.05) is 7.11 Å². The van der Waals surface area contributed by atoms with Crippen molar-refractivity contribution in [3.8, 4) is 0 Å². The molecule has 2 nitrogen and oxygen atoms in total. The van der Waals surface area contributed by atoms with Gasteiger partial charge in [0.05, 0.1) is 0 Å². The number of carbonyl (C=O) groups excluding carboxylic acids is 1. The van der Waals surface area contributed by atoms with Crippen LogP contribution in [-0.2, 0) is 9.53 Å². The Labute approximate surface area is 98.1 Å². The molecule has 0 N–H and O–H groups in total.